The minimum atomic E-state index is -4.32. The second-order valence-electron chi connectivity index (χ2n) is 8.32. The quantitative estimate of drug-likeness (QED) is 0.664. The van der Waals surface area contributed by atoms with Crippen molar-refractivity contribution < 1.29 is 13.2 Å². The van der Waals surface area contributed by atoms with Crippen LogP contribution in [0.3, 0.4) is 0 Å². The number of pyridine rings is 1. The van der Waals surface area contributed by atoms with Gasteiger partial charge in [0.05, 0.1) is 11.3 Å². The van der Waals surface area contributed by atoms with Crippen LogP contribution >= 0.6 is 0 Å². The van der Waals surface area contributed by atoms with Crippen molar-refractivity contribution in [2.45, 2.75) is 50.4 Å². The Morgan fingerprint density at radius 1 is 0.931 bits per heavy atom. The molecule has 1 saturated heterocycles. The fourth-order valence-corrected chi connectivity index (χ4v) is 4.57. The highest BCUT2D eigenvalue weighted by Crippen LogP contribution is 2.46. The first kappa shape index (κ1) is 20.4. The maximum absolute atomic E-state index is 13.2. The van der Waals surface area contributed by atoms with Crippen LogP contribution in [0.2, 0.25) is 0 Å². The fraction of sp³-hybridized carbons (Fsp3) is 0.522. The second-order valence-corrected chi connectivity index (χ2v) is 8.32. The molecular weight excluding hydrogens is 375 g/mol. The van der Waals surface area contributed by atoms with Crippen LogP contribution in [0.5, 0.6) is 0 Å². The van der Waals surface area contributed by atoms with Gasteiger partial charge in [0.25, 0.3) is 0 Å². The molecule has 0 atom stereocenters. The summed E-state index contributed by atoms with van der Waals surface area (Å²) in [7, 11) is 0. The monoisotopic (exact) mass is 403 g/mol. The molecule has 0 radical (unpaired) electrons. The van der Waals surface area contributed by atoms with Crippen molar-refractivity contribution in [3.63, 3.8) is 0 Å². The van der Waals surface area contributed by atoms with E-state index >= 15 is 0 Å². The molecule has 0 unspecified atom stereocenters. The number of nitrogens with zero attached hydrogens (tertiary/aromatic N) is 3. The fourth-order valence-electron chi connectivity index (χ4n) is 4.57. The van der Waals surface area contributed by atoms with E-state index in [-0.39, 0.29) is 11.2 Å². The number of halogens is 3. The maximum atomic E-state index is 13.2. The lowest BCUT2D eigenvalue weighted by Gasteiger charge is -2.40. The van der Waals surface area contributed by atoms with E-state index in [0.29, 0.717) is 6.42 Å². The van der Waals surface area contributed by atoms with Crippen LogP contribution < -0.4 is 0 Å². The number of alkyl halides is 3. The molecule has 2 fully saturated rings. The molecule has 0 spiro atoms. The third-order valence-electron chi connectivity index (χ3n) is 6.37. The van der Waals surface area contributed by atoms with Gasteiger partial charge in [0.2, 0.25) is 0 Å². The number of benzene rings is 1. The molecule has 4 rings (SSSR count). The van der Waals surface area contributed by atoms with Crippen LogP contribution in [0.4, 0.5) is 13.2 Å². The second kappa shape index (κ2) is 8.44. The molecule has 6 heteroatoms. The van der Waals surface area contributed by atoms with Crippen molar-refractivity contribution in [1.29, 1.82) is 0 Å². The smallest absolute Gasteiger partial charge is 0.297 e. The van der Waals surface area contributed by atoms with E-state index in [1.54, 1.807) is 0 Å². The number of hydrogen-bond donors (Lipinski definition) is 0. The summed E-state index contributed by atoms with van der Waals surface area (Å²) >= 11 is 0. The number of piperazine rings is 1. The van der Waals surface area contributed by atoms with Gasteiger partial charge >= 0.3 is 6.18 Å². The SMILES string of the molecule is FC(F)(F)c1cccnc1CCCC1(N2CCN(Cc3ccccc3)CC2)CC1. The lowest BCUT2D eigenvalue weighted by molar-refractivity contribution is -0.138. The molecule has 1 aliphatic heterocycles. The van der Waals surface area contributed by atoms with Crippen LogP contribution in [0.15, 0.2) is 48.7 Å². The Bertz CT molecular complexity index is 795. The third kappa shape index (κ3) is 4.98. The minimum Gasteiger partial charge on any atom is -0.297 e. The number of rotatable bonds is 7. The average Bonchev–Trinajstić information content (AvgIpc) is 3.50. The van der Waals surface area contributed by atoms with Gasteiger partial charge < -0.3 is 0 Å². The van der Waals surface area contributed by atoms with E-state index in [1.165, 1.54) is 30.7 Å². The van der Waals surface area contributed by atoms with Crippen molar-refractivity contribution in [3.8, 4) is 0 Å². The summed E-state index contributed by atoms with van der Waals surface area (Å²) in [5.74, 6) is 0. The zero-order chi connectivity index (χ0) is 20.3. The van der Waals surface area contributed by atoms with Gasteiger partial charge in [-0.05, 0) is 49.8 Å². The lowest BCUT2D eigenvalue weighted by atomic mass is 10.0. The third-order valence-corrected chi connectivity index (χ3v) is 6.37. The van der Waals surface area contributed by atoms with E-state index in [4.69, 9.17) is 0 Å². The molecule has 0 amide bonds. The predicted molar refractivity (Wildman–Crippen MR) is 107 cm³/mol. The van der Waals surface area contributed by atoms with Crippen LogP contribution in [0, 0.1) is 0 Å². The first-order valence-electron chi connectivity index (χ1n) is 10.5. The van der Waals surface area contributed by atoms with Crippen molar-refractivity contribution >= 4 is 0 Å². The lowest BCUT2D eigenvalue weighted by Crippen LogP contribution is -2.51. The van der Waals surface area contributed by atoms with Gasteiger partial charge in [0.1, 0.15) is 0 Å². The van der Waals surface area contributed by atoms with E-state index in [2.05, 4.69) is 39.0 Å². The van der Waals surface area contributed by atoms with Gasteiger partial charge in [-0.25, -0.2) is 0 Å². The van der Waals surface area contributed by atoms with Gasteiger partial charge in [-0.2, -0.15) is 13.2 Å². The Morgan fingerprint density at radius 3 is 2.31 bits per heavy atom. The highest BCUT2D eigenvalue weighted by atomic mass is 19.4. The molecule has 1 aromatic heterocycles. The van der Waals surface area contributed by atoms with Crippen molar-refractivity contribution in [3.05, 3.63) is 65.5 Å². The Kier molecular flexibility index (Phi) is 5.93. The van der Waals surface area contributed by atoms with Gasteiger partial charge in [-0.3, -0.25) is 14.8 Å². The molecule has 29 heavy (non-hydrogen) atoms. The summed E-state index contributed by atoms with van der Waals surface area (Å²) in [6.07, 6.45) is 1.58. The Balaban J connectivity index is 1.27. The van der Waals surface area contributed by atoms with Gasteiger partial charge in [0, 0.05) is 44.5 Å². The molecule has 3 nitrogen and oxygen atoms in total. The van der Waals surface area contributed by atoms with Crippen LogP contribution in [0.25, 0.3) is 0 Å². The molecule has 0 N–H and O–H groups in total. The molecular formula is C23H28F3N3. The minimum absolute atomic E-state index is 0.184. The van der Waals surface area contributed by atoms with Crippen molar-refractivity contribution in [2.75, 3.05) is 26.2 Å². The molecule has 2 aliphatic rings. The molecule has 0 bridgehead atoms. The van der Waals surface area contributed by atoms with Crippen molar-refractivity contribution in [1.82, 2.24) is 14.8 Å². The summed E-state index contributed by atoms with van der Waals surface area (Å²) in [5, 5.41) is 0. The summed E-state index contributed by atoms with van der Waals surface area (Å²) in [4.78, 5) is 9.08. The number of aromatic nitrogens is 1. The Hall–Kier alpha value is -1.92. The van der Waals surface area contributed by atoms with Crippen LogP contribution in [-0.2, 0) is 19.1 Å². The van der Waals surface area contributed by atoms with Crippen molar-refractivity contribution in [2.24, 2.45) is 0 Å². The first-order chi connectivity index (χ1) is 14.0. The first-order valence-corrected chi connectivity index (χ1v) is 10.5. The van der Waals surface area contributed by atoms with Crippen LogP contribution in [0.1, 0.15) is 42.5 Å². The zero-order valence-electron chi connectivity index (χ0n) is 16.7. The molecule has 1 aromatic carbocycles. The standard InChI is InChI=1S/C23H28F3N3/c24-23(25,26)20-8-5-13-27-21(20)9-4-10-22(11-12-22)29-16-14-28(15-17-29)18-19-6-2-1-3-7-19/h1-3,5-8,13H,4,9-12,14-18H2. The Labute approximate surface area is 170 Å². The largest absolute Gasteiger partial charge is 0.418 e. The summed E-state index contributed by atoms with van der Waals surface area (Å²) in [6.45, 7) is 5.18. The molecule has 156 valence electrons. The van der Waals surface area contributed by atoms with E-state index in [1.807, 2.05) is 6.07 Å². The Morgan fingerprint density at radius 2 is 1.66 bits per heavy atom. The molecule has 2 aromatic rings. The van der Waals surface area contributed by atoms with Gasteiger partial charge in [-0.15, -0.1) is 0 Å². The number of aryl methyl sites for hydroxylation is 1. The summed E-state index contributed by atoms with van der Waals surface area (Å²) < 4.78 is 39.5. The molecule has 1 aliphatic carbocycles. The maximum Gasteiger partial charge on any atom is 0.418 e. The molecule has 2 heterocycles. The highest BCUT2D eigenvalue weighted by Gasteiger charge is 2.47. The summed E-state index contributed by atoms with van der Waals surface area (Å²) in [5.41, 5.74) is 1.16. The predicted octanol–water partition coefficient (Wildman–Crippen LogP) is 4.77. The van der Waals surface area contributed by atoms with E-state index < -0.39 is 11.7 Å². The number of hydrogen-bond acceptors (Lipinski definition) is 3. The average molecular weight is 403 g/mol. The van der Waals surface area contributed by atoms with E-state index in [9.17, 15) is 13.2 Å². The molecule has 1 saturated carbocycles. The topological polar surface area (TPSA) is 19.4 Å². The summed E-state index contributed by atoms with van der Waals surface area (Å²) in [6, 6.07) is 13.0. The van der Waals surface area contributed by atoms with Crippen LogP contribution in [-0.4, -0.2) is 46.5 Å². The van der Waals surface area contributed by atoms with E-state index in [0.717, 1.165) is 51.6 Å². The zero-order valence-corrected chi connectivity index (χ0v) is 16.7. The highest BCUT2D eigenvalue weighted by molar-refractivity contribution is 5.23. The van der Waals surface area contributed by atoms with Gasteiger partial charge in [-0.1, -0.05) is 30.3 Å². The van der Waals surface area contributed by atoms with Gasteiger partial charge in [0.15, 0.2) is 0 Å². The normalized spacial score (nSPS) is 20.0.